The van der Waals surface area contributed by atoms with Crippen LogP contribution in [0, 0.1) is 0 Å². The van der Waals surface area contributed by atoms with Gasteiger partial charge in [-0.15, -0.1) is 0 Å². The van der Waals surface area contributed by atoms with Crippen LogP contribution in [0.4, 0.5) is 0 Å². The first-order valence-electron chi connectivity index (χ1n) is 10.9. The molecule has 0 nitrogen and oxygen atoms in total. The van der Waals surface area contributed by atoms with Crippen LogP contribution in [0.5, 0.6) is 0 Å². The standard InChI is InChI=1S/C21H20S8Se8/c1-30-14-16(24-10(22-14)12-26-18-19(27-12)35-7-6-34-18)32-4-3-5-33-17-15(31-2)23-11(25-17)13-28-20-21(29-13)37-9-8-36-20/h3-9H2,1-2H3. The van der Waals surface area contributed by atoms with E-state index in [0.717, 1.165) is 59.8 Å². The topological polar surface area (TPSA) is 0 Å². The molecule has 37 heavy (non-hydrogen) atoms. The van der Waals surface area contributed by atoms with Crippen molar-refractivity contribution >= 4 is 214 Å². The van der Waals surface area contributed by atoms with E-state index in [0.29, 0.717) is 59.8 Å². The van der Waals surface area contributed by atoms with Gasteiger partial charge in [-0.1, -0.05) is 0 Å². The second-order valence-corrected chi connectivity index (χ2v) is 38.3. The van der Waals surface area contributed by atoms with Gasteiger partial charge in [0.25, 0.3) is 0 Å². The molecule has 0 saturated heterocycles. The van der Waals surface area contributed by atoms with E-state index in [9.17, 15) is 0 Å². The third-order valence-electron chi connectivity index (χ3n) is 4.71. The van der Waals surface area contributed by atoms with Gasteiger partial charge in [-0.05, 0) is 0 Å². The van der Waals surface area contributed by atoms with Crippen LogP contribution in [0.2, 0.25) is 43.6 Å². The van der Waals surface area contributed by atoms with E-state index in [1.165, 1.54) is 38.3 Å². The van der Waals surface area contributed by atoms with E-state index in [-0.39, 0.29) is 0 Å². The number of hydrogen-bond acceptors (Lipinski definition) is 8. The molecule has 0 aromatic carbocycles. The van der Waals surface area contributed by atoms with Crippen LogP contribution in [0.3, 0.4) is 0 Å². The molecule has 6 aliphatic rings. The van der Waals surface area contributed by atoms with Gasteiger partial charge in [0.1, 0.15) is 0 Å². The molecule has 6 heterocycles. The fourth-order valence-corrected chi connectivity index (χ4v) is 46.4. The summed E-state index contributed by atoms with van der Waals surface area (Å²) in [5.41, 5.74) is 0. The summed E-state index contributed by atoms with van der Waals surface area (Å²) < 4.78 is 20.9. The van der Waals surface area contributed by atoms with Crippen molar-refractivity contribution in [3.05, 3.63) is 47.4 Å². The first kappa shape index (κ1) is 32.3. The van der Waals surface area contributed by atoms with E-state index in [4.69, 9.17) is 0 Å². The molecule has 0 aliphatic carbocycles. The maximum atomic E-state index is 2.43. The van der Waals surface area contributed by atoms with Crippen molar-refractivity contribution in [1.82, 2.24) is 0 Å². The molecule has 6 aliphatic heterocycles. The van der Waals surface area contributed by atoms with Crippen molar-refractivity contribution in [3.63, 3.8) is 0 Å². The van der Waals surface area contributed by atoms with Crippen LogP contribution in [0.15, 0.2) is 47.4 Å². The van der Waals surface area contributed by atoms with Crippen molar-refractivity contribution in [1.29, 1.82) is 0 Å². The van der Waals surface area contributed by atoms with E-state index >= 15 is 0 Å². The first-order chi connectivity index (χ1) is 18.2. The van der Waals surface area contributed by atoms with Crippen molar-refractivity contribution in [2.45, 2.75) is 50.0 Å². The number of hydrogen-bond donors (Lipinski definition) is 0. The molecule has 0 bridgehead atoms. The normalized spacial score (nSPS) is 24.5. The van der Waals surface area contributed by atoms with Crippen molar-refractivity contribution in [3.8, 4) is 0 Å². The number of thioether (sulfide) groups is 8. The minimum absolute atomic E-state index is 0.646. The predicted octanol–water partition coefficient (Wildman–Crippen LogP) is 8.32. The Morgan fingerprint density at radius 2 is 0.811 bits per heavy atom. The van der Waals surface area contributed by atoms with Crippen LogP contribution in [-0.4, -0.2) is 120 Å². The van der Waals surface area contributed by atoms with Crippen LogP contribution in [-0.2, 0) is 0 Å². The summed E-state index contributed by atoms with van der Waals surface area (Å²) in [6, 6.07) is 0. The molecular formula is C21H20S8Se8. The Bertz CT molecular complexity index is 1030. The molecule has 0 N–H and O–H groups in total. The van der Waals surface area contributed by atoms with Crippen LogP contribution < -0.4 is 0 Å². The van der Waals surface area contributed by atoms with Gasteiger partial charge in [-0.25, -0.2) is 0 Å². The summed E-state index contributed by atoms with van der Waals surface area (Å²) >= 11 is 23.1. The summed E-state index contributed by atoms with van der Waals surface area (Å²) in [5.74, 6) is 4.87. The molecule has 0 saturated carbocycles. The van der Waals surface area contributed by atoms with E-state index in [1.807, 2.05) is 0 Å². The van der Waals surface area contributed by atoms with Gasteiger partial charge < -0.3 is 0 Å². The monoisotopic (exact) mass is 1170 g/mol. The third-order valence-corrected chi connectivity index (χ3v) is 45.4. The molecule has 0 aromatic heterocycles. The second-order valence-electron chi connectivity index (χ2n) is 7.12. The van der Waals surface area contributed by atoms with Crippen LogP contribution in [0.25, 0.3) is 0 Å². The maximum absolute atomic E-state index is 2.43. The molecule has 0 radical (unpaired) electrons. The molecule has 0 spiro atoms. The predicted molar refractivity (Wildman–Crippen MR) is 194 cm³/mol. The third kappa shape index (κ3) is 8.41. The Kier molecular flexibility index (Phi) is 14.2. The van der Waals surface area contributed by atoms with Gasteiger partial charge in [0, 0.05) is 0 Å². The molecule has 6 rings (SSSR count). The quantitative estimate of drug-likeness (QED) is 0.174. The summed E-state index contributed by atoms with van der Waals surface area (Å²) in [5, 5.41) is 8.85. The molecule has 0 amide bonds. The Balaban J connectivity index is 0.971. The molecular weight excluding hydrogens is 1140 g/mol. The number of rotatable bonds is 8. The molecule has 0 atom stereocenters. The summed E-state index contributed by atoms with van der Waals surface area (Å²) in [7, 11) is 0. The van der Waals surface area contributed by atoms with E-state index in [2.05, 4.69) is 106 Å². The van der Waals surface area contributed by atoms with Gasteiger partial charge >= 0.3 is 311 Å². The molecule has 0 unspecified atom stereocenters. The zero-order chi connectivity index (χ0) is 25.2. The Morgan fingerprint density at radius 1 is 0.486 bits per heavy atom. The Morgan fingerprint density at radius 3 is 1.16 bits per heavy atom. The molecule has 0 fully saturated rings. The summed E-state index contributed by atoms with van der Waals surface area (Å²) in [4.78, 5) is 0. The van der Waals surface area contributed by atoms with Crippen molar-refractivity contribution in [2.75, 3.05) is 0 Å². The van der Waals surface area contributed by atoms with Crippen molar-refractivity contribution in [2.24, 2.45) is 0 Å². The molecule has 200 valence electrons. The minimum atomic E-state index is 0.646. The van der Waals surface area contributed by atoms with Gasteiger partial charge in [0.15, 0.2) is 0 Å². The fraction of sp³-hybridized carbons (Fsp3) is 0.429. The van der Waals surface area contributed by atoms with E-state index in [1.54, 1.807) is 47.4 Å². The van der Waals surface area contributed by atoms with Gasteiger partial charge in [0.05, 0.1) is 0 Å². The zero-order valence-corrected chi connectivity index (χ0v) is 39.7. The van der Waals surface area contributed by atoms with Gasteiger partial charge in [-0.2, -0.15) is 0 Å². The SMILES string of the molecule is C[Se]C1=C([Se]CCC[Se]C2=C([Se]C)SC(=C3SC4=C(S3)[Se]CC[Se]4)S2)SC(=C2SC3=C(S2)[Se]CC[Se]3)S1. The second kappa shape index (κ2) is 16.3. The van der Waals surface area contributed by atoms with Crippen molar-refractivity contribution < 1.29 is 0 Å². The Hall–Kier alpha value is 5.40. The van der Waals surface area contributed by atoms with Gasteiger partial charge in [0.2, 0.25) is 0 Å². The summed E-state index contributed by atoms with van der Waals surface area (Å²) in [6.07, 6.45) is 1.43. The zero-order valence-electron chi connectivity index (χ0n) is 19.5. The first-order valence-corrected chi connectivity index (χ1v) is 35.0. The average Bonchev–Trinajstić information content (AvgIpc) is 3.71. The van der Waals surface area contributed by atoms with Crippen LogP contribution >= 0.6 is 94.1 Å². The van der Waals surface area contributed by atoms with E-state index < -0.39 is 0 Å². The Labute approximate surface area is 305 Å². The average molecular weight is 1160 g/mol. The molecule has 0 aromatic rings. The molecule has 16 heteroatoms. The van der Waals surface area contributed by atoms with Crippen LogP contribution in [0.1, 0.15) is 6.42 Å². The summed E-state index contributed by atoms with van der Waals surface area (Å²) in [6.45, 7) is 0. The van der Waals surface area contributed by atoms with Gasteiger partial charge in [-0.3, -0.25) is 0 Å². The fourth-order valence-electron chi connectivity index (χ4n) is 3.13.